The van der Waals surface area contributed by atoms with E-state index < -0.39 is 0 Å². The monoisotopic (exact) mass is 492 g/mol. The number of methoxy groups -OCH3 is 1. The van der Waals surface area contributed by atoms with E-state index in [9.17, 15) is 0 Å². The molecule has 1 aromatic heterocycles. The zero-order valence-electron chi connectivity index (χ0n) is 15.1. The Bertz CT molecular complexity index is 679. The first kappa shape index (κ1) is 22.7. The molecule has 1 heterocycles. The zero-order valence-corrected chi connectivity index (χ0v) is 18.2. The second-order valence-corrected chi connectivity index (χ2v) is 5.87. The summed E-state index contributed by atoms with van der Waals surface area (Å²) in [6, 6.07) is 7.71. The number of rotatable bonds is 9. The quantitative estimate of drug-likeness (QED) is 0.243. The molecule has 1 aromatic carbocycles. The SMILES string of the molecule is CCc1nncn1CCNC(=NCc1cccc(Cl)c1)NCCOC.I. The van der Waals surface area contributed by atoms with Crippen molar-refractivity contribution in [3.05, 3.63) is 47.0 Å². The van der Waals surface area contributed by atoms with Crippen LogP contribution in [0.5, 0.6) is 0 Å². The number of aryl methyl sites for hydroxylation is 1. The van der Waals surface area contributed by atoms with Crippen molar-refractivity contribution in [2.24, 2.45) is 4.99 Å². The minimum atomic E-state index is 0. The van der Waals surface area contributed by atoms with Crippen LogP contribution in [0, 0.1) is 0 Å². The van der Waals surface area contributed by atoms with E-state index in [0.717, 1.165) is 36.9 Å². The van der Waals surface area contributed by atoms with Crippen molar-refractivity contribution in [1.82, 2.24) is 25.4 Å². The summed E-state index contributed by atoms with van der Waals surface area (Å²) in [5.41, 5.74) is 1.06. The Balaban J connectivity index is 0.00000338. The fourth-order valence-electron chi connectivity index (χ4n) is 2.29. The number of hydrogen-bond acceptors (Lipinski definition) is 4. The molecule has 7 nitrogen and oxygen atoms in total. The van der Waals surface area contributed by atoms with E-state index in [1.165, 1.54) is 0 Å². The summed E-state index contributed by atoms with van der Waals surface area (Å²) >= 11 is 6.02. The molecule has 0 fully saturated rings. The van der Waals surface area contributed by atoms with E-state index in [1.54, 1.807) is 13.4 Å². The standard InChI is InChI=1S/C17H25ClN6O.HI/c1-3-16-23-22-13-24(16)9-7-19-17(20-8-10-25-2)21-12-14-5-4-6-15(18)11-14;/h4-6,11,13H,3,7-10,12H2,1-2H3,(H2,19,20,21);1H. The van der Waals surface area contributed by atoms with Crippen LogP contribution in [-0.2, 0) is 24.2 Å². The van der Waals surface area contributed by atoms with Crippen molar-refractivity contribution in [2.75, 3.05) is 26.8 Å². The van der Waals surface area contributed by atoms with Crippen LogP contribution in [0.4, 0.5) is 0 Å². The van der Waals surface area contributed by atoms with Gasteiger partial charge in [0, 0.05) is 38.2 Å². The number of aliphatic imine (C=N–C) groups is 1. The molecule has 0 aliphatic carbocycles. The molecule has 26 heavy (non-hydrogen) atoms. The number of aromatic nitrogens is 3. The molecular weight excluding hydrogens is 467 g/mol. The summed E-state index contributed by atoms with van der Waals surface area (Å²) in [6.07, 6.45) is 2.61. The van der Waals surface area contributed by atoms with Crippen molar-refractivity contribution in [1.29, 1.82) is 0 Å². The van der Waals surface area contributed by atoms with Gasteiger partial charge in [-0.15, -0.1) is 34.2 Å². The fraction of sp³-hybridized carbons (Fsp3) is 0.471. The highest BCUT2D eigenvalue weighted by Crippen LogP contribution is 2.11. The van der Waals surface area contributed by atoms with Gasteiger partial charge in [0.1, 0.15) is 12.2 Å². The van der Waals surface area contributed by atoms with Gasteiger partial charge >= 0.3 is 0 Å². The summed E-state index contributed by atoms with van der Waals surface area (Å²) in [5, 5.41) is 15.3. The zero-order chi connectivity index (χ0) is 17.9. The molecule has 2 rings (SSSR count). The molecular formula is C17H26ClIN6O. The Hall–Kier alpha value is -1.39. The highest BCUT2D eigenvalue weighted by molar-refractivity contribution is 14.0. The van der Waals surface area contributed by atoms with Gasteiger partial charge in [0.15, 0.2) is 5.96 Å². The van der Waals surface area contributed by atoms with Crippen molar-refractivity contribution in [2.45, 2.75) is 26.4 Å². The molecule has 2 N–H and O–H groups in total. The maximum Gasteiger partial charge on any atom is 0.191 e. The lowest BCUT2D eigenvalue weighted by Crippen LogP contribution is -2.40. The van der Waals surface area contributed by atoms with Crippen molar-refractivity contribution in [3.8, 4) is 0 Å². The molecule has 0 spiro atoms. The van der Waals surface area contributed by atoms with E-state index in [4.69, 9.17) is 16.3 Å². The topological polar surface area (TPSA) is 76.4 Å². The smallest absolute Gasteiger partial charge is 0.191 e. The van der Waals surface area contributed by atoms with Crippen LogP contribution in [0.15, 0.2) is 35.6 Å². The van der Waals surface area contributed by atoms with Crippen LogP contribution in [0.3, 0.4) is 0 Å². The average molecular weight is 493 g/mol. The van der Waals surface area contributed by atoms with Gasteiger partial charge in [0.2, 0.25) is 0 Å². The molecule has 0 aliphatic heterocycles. The molecule has 2 aromatic rings. The lowest BCUT2D eigenvalue weighted by atomic mass is 10.2. The number of ether oxygens (including phenoxy) is 1. The minimum absolute atomic E-state index is 0. The van der Waals surface area contributed by atoms with Gasteiger partial charge in [-0.05, 0) is 17.7 Å². The predicted octanol–water partition coefficient (Wildman–Crippen LogP) is 2.49. The molecule has 0 saturated carbocycles. The number of hydrogen-bond donors (Lipinski definition) is 2. The highest BCUT2D eigenvalue weighted by atomic mass is 127. The summed E-state index contributed by atoms with van der Waals surface area (Å²) in [4.78, 5) is 4.61. The maximum absolute atomic E-state index is 6.02. The van der Waals surface area contributed by atoms with Crippen molar-refractivity contribution < 1.29 is 4.74 Å². The van der Waals surface area contributed by atoms with E-state index in [2.05, 4.69) is 32.7 Å². The molecule has 9 heteroatoms. The summed E-state index contributed by atoms with van der Waals surface area (Å²) in [5.74, 6) is 1.72. The van der Waals surface area contributed by atoms with Gasteiger partial charge in [0.25, 0.3) is 0 Å². The first-order valence-electron chi connectivity index (χ1n) is 8.35. The molecule has 0 bridgehead atoms. The second-order valence-electron chi connectivity index (χ2n) is 5.44. The van der Waals surface area contributed by atoms with E-state index in [0.29, 0.717) is 24.7 Å². The normalized spacial score (nSPS) is 11.1. The van der Waals surface area contributed by atoms with Gasteiger partial charge in [-0.3, -0.25) is 0 Å². The van der Waals surface area contributed by atoms with Crippen LogP contribution < -0.4 is 10.6 Å². The van der Waals surface area contributed by atoms with E-state index in [1.807, 2.05) is 28.8 Å². The van der Waals surface area contributed by atoms with Crippen molar-refractivity contribution in [3.63, 3.8) is 0 Å². The summed E-state index contributed by atoms with van der Waals surface area (Å²) < 4.78 is 7.12. The van der Waals surface area contributed by atoms with Gasteiger partial charge in [0.05, 0.1) is 13.2 Å². The van der Waals surface area contributed by atoms with E-state index >= 15 is 0 Å². The Morgan fingerprint density at radius 1 is 1.31 bits per heavy atom. The lowest BCUT2D eigenvalue weighted by molar-refractivity contribution is 0.203. The van der Waals surface area contributed by atoms with Gasteiger partial charge in [-0.25, -0.2) is 4.99 Å². The number of nitrogens with one attached hydrogen (secondary N) is 2. The van der Waals surface area contributed by atoms with Crippen LogP contribution >= 0.6 is 35.6 Å². The van der Waals surface area contributed by atoms with Crippen LogP contribution in [-0.4, -0.2) is 47.5 Å². The first-order valence-corrected chi connectivity index (χ1v) is 8.73. The third kappa shape index (κ3) is 7.88. The van der Waals surface area contributed by atoms with Gasteiger partial charge in [-0.1, -0.05) is 30.7 Å². The van der Waals surface area contributed by atoms with E-state index in [-0.39, 0.29) is 24.0 Å². The van der Waals surface area contributed by atoms with Crippen molar-refractivity contribution >= 4 is 41.5 Å². The maximum atomic E-state index is 6.02. The Labute approximate surface area is 176 Å². The first-order chi connectivity index (χ1) is 12.2. The largest absolute Gasteiger partial charge is 0.383 e. The fourth-order valence-corrected chi connectivity index (χ4v) is 2.50. The Morgan fingerprint density at radius 2 is 2.12 bits per heavy atom. The van der Waals surface area contributed by atoms with Crippen LogP contribution in [0.2, 0.25) is 5.02 Å². The predicted molar refractivity (Wildman–Crippen MR) is 115 cm³/mol. The Kier molecular flexibility index (Phi) is 11.2. The number of nitrogens with zero attached hydrogens (tertiary/aromatic N) is 4. The highest BCUT2D eigenvalue weighted by Gasteiger charge is 2.03. The molecule has 0 radical (unpaired) electrons. The third-order valence-corrected chi connectivity index (χ3v) is 3.80. The summed E-state index contributed by atoms with van der Waals surface area (Å²) in [6.45, 7) is 5.42. The minimum Gasteiger partial charge on any atom is -0.383 e. The van der Waals surface area contributed by atoms with Crippen LogP contribution in [0.1, 0.15) is 18.3 Å². The van der Waals surface area contributed by atoms with Gasteiger partial charge in [-0.2, -0.15) is 0 Å². The molecule has 0 aliphatic rings. The number of benzene rings is 1. The Morgan fingerprint density at radius 3 is 2.85 bits per heavy atom. The summed E-state index contributed by atoms with van der Waals surface area (Å²) in [7, 11) is 1.68. The van der Waals surface area contributed by atoms with Crippen LogP contribution in [0.25, 0.3) is 0 Å². The molecule has 0 atom stereocenters. The van der Waals surface area contributed by atoms with Gasteiger partial charge < -0.3 is 19.9 Å². The average Bonchev–Trinajstić information content (AvgIpc) is 3.07. The number of halogens is 2. The number of guanidine groups is 1. The third-order valence-electron chi connectivity index (χ3n) is 3.56. The second kappa shape index (κ2) is 12.9. The molecule has 144 valence electrons. The molecule has 0 amide bonds. The lowest BCUT2D eigenvalue weighted by Gasteiger charge is -2.13. The molecule has 0 unspecified atom stereocenters. The molecule has 0 saturated heterocycles.